The lowest BCUT2D eigenvalue weighted by Crippen LogP contribution is -2.50. The molecule has 0 spiro atoms. The van der Waals surface area contributed by atoms with Crippen molar-refractivity contribution in [2.45, 2.75) is 32.0 Å². The predicted molar refractivity (Wildman–Crippen MR) is 112 cm³/mol. The SMILES string of the molecule is O=C(NC1CCN(Cc2ccccc2)CC1)C(=O)N(CCO)Cc1ccccc1. The highest BCUT2D eigenvalue weighted by Crippen LogP contribution is 2.14. The van der Waals surface area contributed by atoms with E-state index in [0.29, 0.717) is 6.54 Å². The molecule has 1 fully saturated rings. The number of carbonyl (C=O) groups excluding carboxylic acids is 2. The Kier molecular flexibility index (Phi) is 7.78. The quantitative estimate of drug-likeness (QED) is 0.701. The molecule has 0 aromatic heterocycles. The number of piperidine rings is 1. The van der Waals surface area contributed by atoms with Crippen molar-refractivity contribution in [1.82, 2.24) is 15.1 Å². The van der Waals surface area contributed by atoms with Gasteiger partial charge in [0.15, 0.2) is 0 Å². The summed E-state index contributed by atoms with van der Waals surface area (Å²) in [5.74, 6) is -1.18. The third-order valence-electron chi connectivity index (χ3n) is 5.24. The minimum absolute atomic E-state index is 0.00572. The van der Waals surface area contributed by atoms with Crippen molar-refractivity contribution in [3.05, 3.63) is 71.8 Å². The van der Waals surface area contributed by atoms with Crippen LogP contribution in [0.15, 0.2) is 60.7 Å². The molecule has 1 saturated heterocycles. The highest BCUT2D eigenvalue weighted by atomic mass is 16.3. The van der Waals surface area contributed by atoms with Crippen molar-refractivity contribution in [3.8, 4) is 0 Å². The standard InChI is InChI=1S/C23H29N3O3/c27-16-15-26(18-20-9-5-2-6-10-20)23(29)22(28)24-21-11-13-25(14-12-21)17-19-7-3-1-4-8-19/h1-10,21,27H,11-18H2,(H,24,28). The molecule has 2 aromatic rings. The molecule has 2 aromatic carbocycles. The number of carbonyl (C=O) groups is 2. The van der Waals surface area contributed by atoms with Gasteiger partial charge in [-0.05, 0) is 24.0 Å². The number of aliphatic hydroxyl groups is 1. The van der Waals surface area contributed by atoms with Crippen molar-refractivity contribution in [1.29, 1.82) is 0 Å². The molecule has 0 bridgehead atoms. The summed E-state index contributed by atoms with van der Waals surface area (Å²) in [5.41, 5.74) is 2.21. The van der Waals surface area contributed by atoms with E-state index in [4.69, 9.17) is 0 Å². The van der Waals surface area contributed by atoms with Crippen LogP contribution in [0.25, 0.3) is 0 Å². The van der Waals surface area contributed by atoms with Crippen molar-refractivity contribution in [3.63, 3.8) is 0 Å². The number of nitrogens with zero attached hydrogens (tertiary/aromatic N) is 2. The Morgan fingerprint density at radius 3 is 2.14 bits per heavy atom. The summed E-state index contributed by atoms with van der Waals surface area (Å²) in [6, 6.07) is 19.8. The summed E-state index contributed by atoms with van der Waals surface area (Å²) in [6.45, 7) is 2.95. The van der Waals surface area contributed by atoms with Gasteiger partial charge >= 0.3 is 11.8 Å². The van der Waals surface area contributed by atoms with Crippen LogP contribution in [-0.2, 0) is 22.7 Å². The molecule has 1 aliphatic heterocycles. The first kappa shape index (κ1) is 21.0. The Balaban J connectivity index is 1.48. The highest BCUT2D eigenvalue weighted by molar-refractivity contribution is 6.35. The molecule has 3 rings (SSSR count). The summed E-state index contributed by atoms with van der Waals surface area (Å²) in [5, 5.41) is 12.2. The van der Waals surface area contributed by atoms with Crippen LogP contribution in [0.1, 0.15) is 24.0 Å². The molecule has 0 saturated carbocycles. The first-order valence-corrected chi connectivity index (χ1v) is 10.2. The molecule has 0 unspecified atom stereocenters. The van der Waals surface area contributed by atoms with E-state index in [1.165, 1.54) is 10.5 Å². The van der Waals surface area contributed by atoms with Crippen LogP contribution in [0.3, 0.4) is 0 Å². The van der Waals surface area contributed by atoms with E-state index in [9.17, 15) is 14.7 Å². The van der Waals surface area contributed by atoms with E-state index in [2.05, 4.69) is 22.3 Å². The van der Waals surface area contributed by atoms with Crippen LogP contribution in [0, 0.1) is 0 Å². The van der Waals surface area contributed by atoms with Gasteiger partial charge in [0.25, 0.3) is 0 Å². The summed E-state index contributed by atoms with van der Waals surface area (Å²) < 4.78 is 0. The van der Waals surface area contributed by atoms with Crippen molar-refractivity contribution < 1.29 is 14.7 Å². The van der Waals surface area contributed by atoms with E-state index in [0.717, 1.165) is 38.0 Å². The second-order valence-electron chi connectivity index (χ2n) is 7.45. The fourth-order valence-corrected chi connectivity index (χ4v) is 3.64. The number of rotatable bonds is 7. The number of hydrogen-bond donors (Lipinski definition) is 2. The molecule has 0 atom stereocenters. The number of amides is 2. The van der Waals surface area contributed by atoms with Crippen molar-refractivity contribution in [2.24, 2.45) is 0 Å². The first-order chi connectivity index (χ1) is 14.2. The van der Waals surface area contributed by atoms with Gasteiger partial charge in [0.2, 0.25) is 0 Å². The number of benzene rings is 2. The fourth-order valence-electron chi connectivity index (χ4n) is 3.64. The molecule has 0 aliphatic carbocycles. The Labute approximate surface area is 172 Å². The molecule has 1 heterocycles. The van der Waals surface area contributed by atoms with Crippen molar-refractivity contribution >= 4 is 11.8 Å². The van der Waals surface area contributed by atoms with E-state index >= 15 is 0 Å². The third-order valence-corrected chi connectivity index (χ3v) is 5.24. The van der Waals surface area contributed by atoms with E-state index in [1.54, 1.807) is 0 Å². The molecule has 2 N–H and O–H groups in total. The molecular weight excluding hydrogens is 366 g/mol. The maximum absolute atomic E-state index is 12.6. The lowest BCUT2D eigenvalue weighted by Gasteiger charge is -2.32. The lowest BCUT2D eigenvalue weighted by molar-refractivity contribution is -0.147. The van der Waals surface area contributed by atoms with Crippen LogP contribution in [0.4, 0.5) is 0 Å². The Bertz CT molecular complexity index is 774. The Hall–Kier alpha value is -2.70. The van der Waals surface area contributed by atoms with Gasteiger partial charge in [-0.25, -0.2) is 0 Å². The normalized spacial score (nSPS) is 15.1. The molecule has 6 nitrogen and oxygen atoms in total. The number of likely N-dealkylation sites (tertiary alicyclic amines) is 1. The largest absolute Gasteiger partial charge is 0.395 e. The average Bonchev–Trinajstić information content (AvgIpc) is 2.76. The van der Waals surface area contributed by atoms with Gasteiger partial charge in [0, 0.05) is 38.8 Å². The van der Waals surface area contributed by atoms with Crippen LogP contribution in [-0.4, -0.2) is 59.0 Å². The number of aliphatic hydroxyl groups excluding tert-OH is 1. The minimum Gasteiger partial charge on any atom is -0.395 e. The van der Waals surface area contributed by atoms with Crippen LogP contribution < -0.4 is 5.32 Å². The average molecular weight is 396 g/mol. The third kappa shape index (κ3) is 6.41. The van der Waals surface area contributed by atoms with Gasteiger partial charge in [-0.1, -0.05) is 60.7 Å². The molecule has 29 heavy (non-hydrogen) atoms. The summed E-state index contributed by atoms with van der Waals surface area (Å²) in [6.07, 6.45) is 1.65. The monoisotopic (exact) mass is 395 g/mol. The van der Waals surface area contributed by atoms with Gasteiger partial charge in [-0.2, -0.15) is 0 Å². The summed E-state index contributed by atoms with van der Waals surface area (Å²) in [7, 11) is 0. The lowest BCUT2D eigenvalue weighted by atomic mass is 10.0. The zero-order valence-electron chi connectivity index (χ0n) is 16.7. The minimum atomic E-state index is -0.588. The van der Waals surface area contributed by atoms with Gasteiger partial charge < -0.3 is 15.3 Å². The smallest absolute Gasteiger partial charge is 0.312 e. The zero-order chi connectivity index (χ0) is 20.5. The molecular formula is C23H29N3O3. The van der Waals surface area contributed by atoms with Crippen LogP contribution >= 0.6 is 0 Å². The maximum Gasteiger partial charge on any atom is 0.312 e. The maximum atomic E-state index is 12.6. The fraction of sp³-hybridized carbons (Fsp3) is 0.391. The van der Waals surface area contributed by atoms with Gasteiger partial charge in [0.1, 0.15) is 0 Å². The molecule has 1 aliphatic rings. The van der Waals surface area contributed by atoms with Crippen LogP contribution in [0.5, 0.6) is 0 Å². The molecule has 0 radical (unpaired) electrons. The van der Waals surface area contributed by atoms with E-state index < -0.39 is 11.8 Å². The van der Waals surface area contributed by atoms with E-state index in [1.807, 2.05) is 48.5 Å². The van der Waals surface area contributed by atoms with Gasteiger partial charge in [-0.15, -0.1) is 0 Å². The van der Waals surface area contributed by atoms with Crippen LogP contribution in [0.2, 0.25) is 0 Å². The zero-order valence-corrected chi connectivity index (χ0v) is 16.7. The summed E-state index contributed by atoms with van der Waals surface area (Å²) >= 11 is 0. The summed E-state index contributed by atoms with van der Waals surface area (Å²) in [4.78, 5) is 28.9. The van der Waals surface area contributed by atoms with Crippen molar-refractivity contribution in [2.75, 3.05) is 26.2 Å². The van der Waals surface area contributed by atoms with Gasteiger partial charge in [-0.3, -0.25) is 14.5 Å². The molecule has 154 valence electrons. The highest BCUT2D eigenvalue weighted by Gasteiger charge is 2.26. The Morgan fingerprint density at radius 1 is 0.966 bits per heavy atom. The molecule has 2 amide bonds. The topological polar surface area (TPSA) is 72.9 Å². The second-order valence-corrected chi connectivity index (χ2v) is 7.45. The first-order valence-electron chi connectivity index (χ1n) is 10.2. The predicted octanol–water partition coefficient (Wildman–Crippen LogP) is 1.79. The second kappa shape index (κ2) is 10.7. The number of hydrogen-bond acceptors (Lipinski definition) is 4. The van der Waals surface area contributed by atoms with Gasteiger partial charge in [0.05, 0.1) is 6.61 Å². The Morgan fingerprint density at radius 2 is 1.55 bits per heavy atom. The number of nitrogens with one attached hydrogen (secondary N) is 1. The molecule has 6 heteroatoms. The van der Waals surface area contributed by atoms with E-state index in [-0.39, 0.29) is 19.2 Å².